The Morgan fingerprint density at radius 3 is 1.76 bits per heavy atom. The highest BCUT2D eigenvalue weighted by atomic mass is 16.4. The highest BCUT2D eigenvalue weighted by Crippen LogP contribution is 2.03. The van der Waals surface area contributed by atoms with Crippen LogP contribution >= 0.6 is 0 Å². The molecule has 0 aromatic rings. The molecular weight excluding hydrogens is 450 g/mol. The Labute approximate surface area is 186 Å². The van der Waals surface area contributed by atoms with E-state index in [1.165, 1.54) is 0 Å². The van der Waals surface area contributed by atoms with Crippen LogP contribution in [0.5, 0.6) is 0 Å². The average Bonchev–Trinajstić information content (AvgIpc) is 2.67. The zero-order valence-electron chi connectivity index (χ0n) is 17.5. The van der Waals surface area contributed by atoms with Crippen LogP contribution in [0.4, 0.5) is 0 Å². The Morgan fingerprint density at radius 1 is 0.788 bits per heavy atom. The second-order valence-corrected chi connectivity index (χ2v) is 6.99. The summed E-state index contributed by atoms with van der Waals surface area (Å²) in [5.41, 5.74) is 10.4. The number of carboxylic acid groups (broad SMARTS) is 3. The van der Waals surface area contributed by atoms with E-state index in [9.17, 15) is 38.7 Å². The third-order valence-electron chi connectivity index (χ3n) is 4.10. The van der Waals surface area contributed by atoms with E-state index in [0.29, 0.717) is 0 Å². The van der Waals surface area contributed by atoms with Gasteiger partial charge < -0.3 is 47.8 Å². The molecule has 0 radical (unpaired) electrons. The maximum Gasteiger partial charge on any atom is 0.326 e. The first-order chi connectivity index (χ1) is 15.1. The summed E-state index contributed by atoms with van der Waals surface area (Å²) in [6.07, 6.45) is -4.14. The summed E-state index contributed by atoms with van der Waals surface area (Å²) in [4.78, 5) is 80.7. The van der Waals surface area contributed by atoms with Gasteiger partial charge in [0.1, 0.15) is 18.1 Å². The van der Waals surface area contributed by atoms with Gasteiger partial charge in [0.15, 0.2) is 0 Å². The van der Waals surface area contributed by atoms with E-state index in [1.54, 1.807) is 0 Å². The van der Waals surface area contributed by atoms with E-state index in [-0.39, 0.29) is 6.42 Å². The van der Waals surface area contributed by atoms with Crippen molar-refractivity contribution in [3.63, 3.8) is 0 Å². The number of nitrogens with two attached hydrogens (primary N) is 2. The van der Waals surface area contributed by atoms with Crippen molar-refractivity contribution in [1.82, 2.24) is 16.0 Å². The van der Waals surface area contributed by atoms with Crippen molar-refractivity contribution in [2.45, 2.75) is 62.9 Å². The third-order valence-corrected chi connectivity index (χ3v) is 4.10. The fourth-order valence-corrected chi connectivity index (χ4v) is 2.39. The lowest BCUT2D eigenvalue weighted by Crippen LogP contribution is -2.60. The van der Waals surface area contributed by atoms with Gasteiger partial charge in [0.2, 0.25) is 23.6 Å². The fourth-order valence-electron chi connectivity index (χ4n) is 2.39. The maximum absolute atomic E-state index is 12.5. The molecular formula is C17H27N5O11. The zero-order chi connectivity index (χ0) is 25.9. The van der Waals surface area contributed by atoms with E-state index in [0.717, 1.165) is 6.92 Å². The van der Waals surface area contributed by atoms with Crippen LogP contribution < -0.4 is 27.4 Å². The van der Waals surface area contributed by atoms with Gasteiger partial charge in [-0.3, -0.25) is 28.8 Å². The van der Waals surface area contributed by atoms with Crippen LogP contribution in [-0.2, 0) is 33.6 Å². The standard InChI is InChI=1S/C17H27N5O11/c1-6(23)13(16(31)21-9(17(32)33)4-10(19)24)22-15(30)8(5-12(27)28)20-14(29)7(18)2-3-11(25)26/h6-9,13,23H,2-5,18H2,1H3,(H2,19,24)(H,20,29)(H,21,31)(H,22,30)(H,25,26)(H,27,28)(H,32,33). The number of aliphatic carboxylic acids is 3. The number of amides is 4. The van der Waals surface area contributed by atoms with Gasteiger partial charge in [-0.15, -0.1) is 0 Å². The number of carbonyl (C=O) groups excluding carboxylic acids is 4. The maximum atomic E-state index is 12.5. The van der Waals surface area contributed by atoms with Gasteiger partial charge in [-0.1, -0.05) is 0 Å². The van der Waals surface area contributed by atoms with Crippen molar-refractivity contribution >= 4 is 41.5 Å². The number of aliphatic hydroxyl groups is 1. The van der Waals surface area contributed by atoms with E-state index in [4.69, 9.17) is 26.8 Å². The van der Waals surface area contributed by atoms with E-state index >= 15 is 0 Å². The minimum atomic E-state index is -1.80. The lowest BCUT2D eigenvalue weighted by molar-refractivity contribution is -0.145. The van der Waals surface area contributed by atoms with Gasteiger partial charge in [0.05, 0.1) is 25.0 Å². The molecule has 5 unspecified atom stereocenters. The molecule has 16 nitrogen and oxygen atoms in total. The Hall–Kier alpha value is -3.79. The monoisotopic (exact) mass is 477 g/mol. The molecule has 0 bridgehead atoms. The zero-order valence-corrected chi connectivity index (χ0v) is 17.5. The summed E-state index contributed by atoms with van der Waals surface area (Å²) in [6.45, 7) is 1.06. The van der Waals surface area contributed by atoms with Crippen LogP contribution in [0.25, 0.3) is 0 Å². The Balaban J connectivity index is 5.43. The van der Waals surface area contributed by atoms with Gasteiger partial charge in [0.25, 0.3) is 0 Å². The molecule has 0 fully saturated rings. The molecule has 0 aromatic heterocycles. The Morgan fingerprint density at radius 2 is 1.33 bits per heavy atom. The van der Waals surface area contributed by atoms with Gasteiger partial charge in [-0.2, -0.15) is 0 Å². The van der Waals surface area contributed by atoms with Gasteiger partial charge >= 0.3 is 17.9 Å². The smallest absolute Gasteiger partial charge is 0.326 e. The number of aliphatic hydroxyl groups excluding tert-OH is 1. The van der Waals surface area contributed by atoms with Crippen molar-refractivity contribution in [3.05, 3.63) is 0 Å². The average molecular weight is 477 g/mol. The van der Waals surface area contributed by atoms with Crippen molar-refractivity contribution in [1.29, 1.82) is 0 Å². The Kier molecular flexibility index (Phi) is 12.0. The molecule has 0 aliphatic rings. The van der Waals surface area contributed by atoms with Crippen LogP contribution in [-0.4, -0.2) is 92.2 Å². The quantitative estimate of drug-likeness (QED) is 0.108. The van der Waals surface area contributed by atoms with Crippen LogP contribution in [0, 0.1) is 0 Å². The summed E-state index contributed by atoms with van der Waals surface area (Å²) in [5, 5.41) is 42.4. The molecule has 0 aliphatic heterocycles. The summed E-state index contributed by atoms with van der Waals surface area (Å²) in [6, 6.07) is -6.73. The topological polar surface area (TPSA) is 289 Å². The molecule has 11 N–H and O–H groups in total. The molecule has 4 amide bonds. The van der Waals surface area contributed by atoms with Crippen molar-refractivity contribution in [3.8, 4) is 0 Å². The molecule has 0 spiro atoms. The molecule has 0 saturated heterocycles. The molecule has 0 aromatic carbocycles. The van der Waals surface area contributed by atoms with Crippen LogP contribution in [0.2, 0.25) is 0 Å². The largest absolute Gasteiger partial charge is 0.481 e. The SMILES string of the molecule is CC(O)C(NC(=O)C(CC(=O)O)NC(=O)C(N)CCC(=O)O)C(=O)NC(CC(N)=O)C(=O)O. The van der Waals surface area contributed by atoms with Crippen molar-refractivity contribution in [2.24, 2.45) is 11.5 Å². The molecule has 5 atom stereocenters. The van der Waals surface area contributed by atoms with Crippen molar-refractivity contribution < 1.29 is 54.0 Å². The molecule has 0 saturated carbocycles. The molecule has 0 rings (SSSR count). The molecule has 16 heteroatoms. The first-order valence-electron chi connectivity index (χ1n) is 9.45. The Bertz CT molecular complexity index is 785. The molecule has 0 aliphatic carbocycles. The second-order valence-electron chi connectivity index (χ2n) is 6.99. The first-order valence-corrected chi connectivity index (χ1v) is 9.45. The first kappa shape index (κ1) is 29.2. The summed E-state index contributed by atoms with van der Waals surface area (Å²) in [5.74, 6) is -8.94. The van der Waals surface area contributed by atoms with Crippen LogP contribution in [0.3, 0.4) is 0 Å². The lowest BCUT2D eigenvalue weighted by Gasteiger charge is -2.25. The van der Waals surface area contributed by atoms with Gasteiger partial charge in [-0.25, -0.2) is 4.79 Å². The summed E-state index contributed by atoms with van der Waals surface area (Å²) in [7, 11) is 0. The number of carboxylic acids is 3. The highest BCUT2D eigenvalue weighted by molar-refractivity contribution is 5.96. The van der Waals surface area contributed by atoms with Gasteiger partial charge in [0, 0.05) is 6.42 Å². The predicted octanol–water partition coefficient (Wildman–Crippen LogP) is -4.55. The predicted molar refractivity (Wildman–Crippen MR) is 106 cm³/mol. The van der Waals surface area contributed by atoms with Crippen molar-refractivity contribution in [2.75, 3.05) is 0 Å². The molecule has 33 heavy (non-hydrogen) atoms. The summed E-state index contributed by atoms with van der Waals surface area (Å²) < 4.78 is 0. The number of primary amides is 1. The van der Waals surface area contributed by atoms with Gasteiger partial charge in [-0.05, 0) is 13.3 Å². The number of hydrogen-bond acceptors (Lipinski definition) is 9. The van der Waals surface area contributed by atoms with E-state index in [2.05, 4.69) is 0 Å². The van der Waals surface area contributed by atoms with E-state index in [1.807, 2.05) is 16.0 Å². The minimum absolute atomic E-state index is 0.308. The second kappa shape index (κ2) is 13.6. The number of rotatable bonds is 15. The van der Waals surface area contributed by atoms with E-state index < -0.39 is 91.1 Å². The molecule has 186 valence electrons. The number of carbonyl (C=O) groups is 7. The third kappa shape index (κ3) is 11.4. The summed E-state index contributed by atoms with van der Waals surface area (Å²) >= 11 is 0. The lowest BCUT2D eigenvalue weighted by atomic mass is 10.1. The fraction of sp³-hybridized carbons (Fsp3) is 0.588. The van der Waals surface area contributed by atoms with Crippen LogP contribution in [0.15, 0.2) is 0 Å². The highest BCUT2D eigenvalue weighted by Gasteiger charge is 2.34. The normalized spacial score (nSPS) is 15.1. The molecule has 0 heterocycles. The number of hydrogen-bond donors (Lipinski definition) is 9. The van der Waals surface area contributed by atoms with Crippen LogP contribution in [0.1, 0.15) is 32.6 Å². The minimum Gasteiger partial charge on any atom is -0.481 e. The number of nitrogens with one attached hydrogen (secondary N) is 3.